The Hall–Kier alpha value is -5.51. The number of carbonyl (C=O) groups excluding carboxylic acids is 2. The van der Waals surface area contributed by atoms with Crippen LogP contribution in [0.3, 0.4) is 0 Å². The second kappa shape index (κ2) is 13.5. The third kappa shape index (κ3) is 9.26. The first-order chi connectivity index (χ1) is 22.2. The number of halogens is 7. The summed E-state index contributed by atoms with van der Waals surface area (Å²) in [6, 6.07) is 21.1. The molecule has 47 heavy (non-hydrogen) atoms. The van der Waals surface area contributed by atoms with Crippen LogP contribution in [0.4, 0.5) is 48.1 Å². The molecule has 0 radical (unpaired) electrons. The van der Waals surface area contributed by atoms with Crippen LogP contribution in [0.2, 0.25) is 0 Å². The summed E-state index contributed by atoms with van der Waals surface area (Å²) in [5, 5.41) is 9.66. The van der Waals surface area contributed by atoms with Crippen LogP contribution in [-0.4, -0.2) is 57.0 Å². The average molecular weight is 661 g/mol. The molecule has 5 rings (SSSR count). The van der Waals surface area contributed by atoms with E-state index in [9.17, 15) is 40.3 Å². The van der Waals surface area contributed by atoms with Crippen molar-refractivity contribution in [3.05, 3.63) is 108 Å². The monoisotopic (exact) mass is 660 g/mol. The zero-order valence-electron chi connectivity index (χ0n) is 23.9. The zero-order chi connectivity index (χ0) is 33.8. The molecule has 0 aliphatic heterocycles. The molecule has 0 aliphatic carbocycles. The van der Waals surface area contributed by atoms with Gasteiger partial charge in [0.1, 0.15) is 12.4 Å². The largest absolute Gasteiger partial charge is 0.414 e. The number of alkyl halides is 6. The molecule has 16 heteroatoms. The van der Waals surface area contributed by atoms with E-state index >= 15 is 0 Å². The Balaban J connectivity index is 1.22. The maximum Gasteiger partial charge on any atom is 0.414 e. The Bertz CT molecular complexity index is 1860. The number of nitrogens with one attached hydrogen (secondary N) is 2. The number of hydrogen-bond acceptors (Lipinski definition) is 6. The van der Waals surface area contributed by atoms with Crippen molar-refractivity contribution in [2.75, 3.05) is 23.8 Å². The summed E-state index contributed by atoms with van der Waals surface area (Å²) >= 11 is 0. The molecule has 0 atom stereocenters. The van der Waals surface area contributed by atoms with E-state index in [4.69, 9.17) is 0 Å². The third-order valence-electron chi connectivity index (χ3n) is 6.43. The lowest BCUT2D eigenvalue weighted by atomic mass is 10.1. The molecular formula is C31H23F7N6O3. The normalized spacial score (nSPS) is 11.8. The molecule has 0 unspecified atom stereocenters. The van der Waals surface area contributed by atoms with Crippen molar-refractivity contribution in [3.8, 4) is 11.1 Å². The first-order valence-electron chi connectivity index (χ1n) is 13.7. The maximum atomic E-state index is 13.1. The van der Waals surface area contributed by atoms with E-state index in [1.807, 2.05) is 6.07 Å². The molecule has 2 amide bonds. The second-order valence-electron chi connectivity index (χ2n) is 10.1. The standard InChI is InChI=1S/C31H23F7N6O3/c32-23-8-1-19(2-9-23)15-27(45)39-24-10-3-20(4-11-24)22-7-14-26-41-29(42-43(26)16-22)40-25-12-5-21(6-13-25)28(46)44(17-30(33,34)35)47-18-31(36,37)38/h1-14,16H,15,17-18H2,(H,39,45)(H,40,42). The maximum absolute atomic E-state index is 13.1. The van der Waals surface area contributed by atoms with E-state index in [1.54, 1.807) is 48.7 Å². The predicted molar refractivity (Wildman–Crippen MR) is 156 cm³/mol. The van der Waals surface area contributed by atoms with Gasteiger partial charge in [-0.15, -0.1) is 5.10 Å². The highest BCUT2D eigenvalue weighted by Gasteiger charge is 2.37. The fourth-order valence-electron chi connectivity index (χ4n) is 4.30. The van der Waals surface area contributed by atoms with Crippen LogP contribution in [0.5, 0.6) is 0 Å². The van der Waals surface area contributed by atoms with Crippen molar-refractivity contribution in [1.29, 1.82) is 0 Å². The third-order valence-corrected chi connectivity index (χ3v) is 6.43. The molecule has 244 valence electrons. The molecule has 3 aromatic carbocycles. The van der Waals surface area contributed by atoms with Crippen molar-refractivity contribution < 1.29 is 45.2 Å². The molecule has 0 saturated carbocycles. The van der Waals surface area contributed by atoms with Crippen molar-refractivity contribution in [1.82, 2.24) is 19.7 Å². The van der Waals surface area contributed by atoms with Gasteiger partial charge < -0.3 is 10.6 Å². The first kappa shape index (κ1) is 32.9. The number of hydroxylamine groups is 2. The number of amides is 2. The van der Waals surface area contributed by atoms with Gasteiger partial charge in [-0.25, -0.2) is 14.0 Å². The minimum atomic E-state index is -4.99. The Morgan fingerprint density at radius 1 is 0.787 bits per heavy atom. The fraction of sp³-hybridized carbons (Fsp3) is 0.161. The van der Waals surface area contributed by atoms with Crippen LogP contribution in [0, 0.1) is 5.82 Å². The van der Waals surface area contributed by atoms with Gasteiger partial charge in [0.05, 0.1) is 6.42 Å². The van der Waals surface area contributed by atoms with Gasteiger partial charge in [-0.1, -0.05) is 24.3 Å². The lowest BCUT2D eigenvalue weighted by Gasteiger charge is -2.23. The van der Waals surface area contributed by atoms with Crippen LogP contribution in [0.25, 0.3) is 16.8 Å². The van der Waals surface area contributed by atoms with Crippen molar-refractivity contribution in [3.63, 3.8) is 0 Å². The first-order valence-corrected chi connectivity index (χ1v) is 13.7. The molecule has 0 aliphatic rings. The molecule has 0 bridgehead atoms. The number of carbonyl (C=O) groups is 2. The summed E-state index contributed by atoms with van der Waals surface area (Å²) in [6.45, 7) is -4.10. The summed E-state index contributed by atoms with van der Waals surface area (Å²) in [4.78, 5) is 33.3. The molecule has 9 nitrogen and oxygen atoms in total. The highest BCUT2D eigenvalue weighted by atomic mass is 19.4. The van der Waals surface area contributed by atoms with E-state index in [-0.39, 0.29) is 34.7 Å². The summed E-state index contributed by atoms with van der Waals surface area (Å²) in [6.07, 6.45) is -8.14. The molecule has 0 fully saturated rings. The smallest absolute Gasteiger partial charge is 0.326 e. The number of anilines is 3. The summed E-state index contributed by atoms with van der Waals surface area (Å²) in [5.74, 6) is -1.90. The fourth-order valence-corrected chi connectivity index (χ4v) is 4.30. The van der Waals surface area contributed by atoms with Gasteiger partial charge in [-0.05, 0) is 71.8 Å². The number of benzene rings is 3. The van der Waals surface area contributed by atoms with Gasteiger partial charge in [0.2, 0.25) is 11.9 Å². The van der Waals surface area contributed by atoms with Gasteiger partial charge in [-0.3, -0.25) is 14.4 Å². The Morgan fingerprint density at radius 3 is 2.06 bits per heavy atom. The van der Waals surface area contributed by atoms with Crippen LogP contribution in [0.1, 0.15) is 15.9 Å². The number of pyridine rings is 1. The Labute approximate surface area is 261 Å². The molecule has 2 aromatic heterocycles. The number of nitrogens with zero attached hydrogens (tertiary/aromatic N) is 4. The molecular weight excluding hydrogens is 637 g/mol. The number of hydrogen-bond donors (Lipinski definition) is 2. The van der Waals surface area contributed by atoms with Crippen molar-refractivity contribution >= 4 is 34.8 Å². The Morgan fingerprint density at radius 2 is 1.43 bits per heavy atom. The second-order valence-corrected chi connectivity index (χ2v) is 10.1. The van der Waals surface area contributed by atoms with Crippen LogP contribution < -0.4 is 10.6 Å². The number of fused-ring (bicyclic) bond motifs is 1. The van der Waals surface area contributed by atoms with Gasteiger partial charge in [0.25, 0.3) is 5.91 Å². The van der Waals surface area contributed by atoms with Crippen LogP contribution in [-0.2, 0) is 16.1 Å². The minimum Gasteiger partial charge on any atom is -0.326 e. The lowest BCUT2D eigenvalue weighted by Crippen LogP contribution is -2.41. The van der Waals surface area contributed by atoms with Gasteiger partial charge in [0.15, 0.2) is 12.3 Å². The minimum absolute atomic E-state index is 0.0878. The topological polar surface area (TPSA) is 101 Å². The summed E-state index contributed by atoms with van der Waals surface area (Å²) in [7, 11) is 0. The van der Waals surface area contributed by atoms with Crippen LogP contribution >= 0.6 is 0 Å². The van der Waals surface area contributed by atoms with Gasteiger partial charge in [-0.2, -0.15) is 31.3 Å². The van der Waals surface area contributed by atoms with E-state index < -0.39 is 31.4 Å². The molecule has 2 N–H and O–H groups in total. The van der Waals surface area contributed by atoms with E-state index in [2.05, 4.69) is 25.6 Å². The quantitative estimate of drug-likeness (QED) is 0.124. The number of aromatic nitrogens is 3. The molecule has 5 aromatic rings. The number of rotatable bonds is 10. The van der Waals surface area contributed by atoms with Gasteiger partial charge >= 0.3 is 12.4 Å². The highest BCUT2D eigenvalue weighted by Crippen LogP contribution is 2.25. The zero-order valence-corrected chi connectivity index (χ0v) is 23.9. The Kier molecular flexibility index (Phi) is 9.41. The van der Waals surface area contributed by atoms with Crippen LogP contribution in [0.15, 0.2) is 91.1 Å². The van der Waals surface area contributed by atoms with E-state index in [0.29, 0.717) is 22.6 Å². The van der Waals surface area contributed by atoms with Gasteiger partial charge in [0, 0.05) is 28.7 Å². The molecule has 0 saturated heterocycles. The highest BCUT2D eigenvalue weighted by molar-refractivity contribution is 5.94. The summed E-state index contributed by atoms with van der Waals surface area (Å²) in [5.41, 5.74) is 3.30. The summed E-state index contributed by atoms with van der Waals surface area (Å²) < 4.78 is 90.6. The van der Waals surface area contributed by atoms with E-state index in [1.165, 1.54) is 28.8 Å². The van der Waals surface area contributed by atoms with Crippen molar-refractivity contribution in [2.24, 2.45) is 0 Å². The van der Waals surface area contributed by atoms with Crippen molar-refractivity contribution in [2.45, 2.75) is 18.8 Å². The molecule has 2 heterocycles. The van der Waals surface area contributed by atoms with E-state index in [0.717, 1.165) is 23.3 Å². The average Bonchev–Trinajstić information content (AvgIpc) is 3.41. The SMILES string of the molecule is O=C(Cc1ccc(F)cc1)Nc1ccc(-c2ccc3nc(Nc4ccc(C(=O)N(CC(F)(F)F)OCC(F)(F)F)cc4)nn3c2)cc1. The predicted octanol–water partition coefficient (Wildman–Crippen LogP) is 6.96. The molecule has 0 spiro atoms. The lowest BCUT2D eigenvalue weighted by molar-refractivity contribution is -0.261.